The van der Waals surface area contributed by atoms with Crippen LogP contribution in [0.4, 0.5) is 0 Å². The van der Waals surface area contributed by atoms with Crippen molar-refractivity contribution < 1.29 is 19.5 Å². The van der Waals surface area contributed by atoms with Gasteiger partial charge in [-0.25, -0.2) is 0 Å². The van der Waals surface area contributed by atoms with Crippen LogP contribution in [0.15, 0.2) is 60.7 Å². The summed E-state index contributed by atoms with van der Waals surface area (Å²) < 4.78 is 11.9. The van der Waals surface area contributed by atoms with E-state index >= 15 is 0 Å². The molecule has 1 heterocycles. The van der Waals surface area contributed by atoms with Crippen LogP contribution >= 0.6 is 0 Å². The lowest BCUT2D eigenvalue weighted by Crippen LogP contribution is -2.33. The van der Waals surface area contributed by atoms with Crippen molar-refractivity contribution in [2.24, 2.45) is 0 Å². The molecule has 4 rings (SSSR count). The minimum Gasteiger partial charge on any atom is -0.492 e. The van der Waals surface area contributed by atoms with Crippen LogP contribution in [0.1, 0.15) is 19.3 Å². The van der Waals surface area contributed by atoms with Gasteiger partial charge in [-0.2, -0.15) is 0 Å². The monoisotopic (exact) mass is 391 g/mol. The van der Waals surface area contributed by atoms with Crippen molar-refractivity contribution in [3.8, 4) is 17.2 Å². The van der Waals surface area contributed by atoms with Gasteiger partial charge in [-0.15, -0.1) is 0 Å². The largest absolute Gasteiger partial charge is 0.492 e. The quantitative estimate of drug-likeness (QED) is 0.606. The maximum Gasteiger partial charge on any atom is 0.492 e. The van der Waals surface area contributed by atoms with E-state index in [0.717, 1.165) is 23.1 Å². The zero-order valence-electron chi connectivity index (χ0n) is 16.5. The Labute approximate surface area is 171 Å². The van der Waals surface area contributed by atoms with Gasteiger partial charge in [0.15, 0.2) is 0 Å². The lowest BCUT2D eigenvalue weighted by atomic mass is 9.78. The van der Waals surface area contributed by atoms with Crippen molar-refractivity contribution in [3.05, 3.63) is 60.7 Å². The number of piperidine rings is 1. The van der Waals surface area contributed by atoms with Crippen molar-refractivity contribution in [1.29, 1.82) is 0 Å². The summed E-state index contributed by atoms with van der Waals surface area (Å²) >= 11 is 0. The van der Waals surface area contributed by atoms with Crippen LogP contribution in [0.2, 0.25) is 0 Å². The van der Waals surface area contributed by atoms with E-state index in [4.69, 9.17) is 9.47 Å². The SMILES string of the molecule is OB(O)c1ccc2ccccc2c1Oc1ccc(OCCN2CCCCC2)cc1. The molecule has 3 aromatic carbocycles. The fourth-order valence-corrected chi connectivity index (χ4v) is 3.77. The molecule has 5 nitrogen and oxygen atoms in total. The highest BCUT2D eigenvalue weighted by atomic mass is 16.5. The molecule has 0 spiro atoms. The van der Waals surface area contributed by atoms with Crippen molar-refractivity contribution in [3.63, 3.8) is 0 Å². The Balaban J connectivity index is 1.44. The first-order chi connectivity index (χ1) is 14.2. The Morgan fingerprint density at radius 3 is 2.31 bits per heavy atom. The number of fused-ring (bicyclic) bond motifs is 1. The predicted molar refractivity (Wildman–Crippen MR) is 116 cm³/mol. The molecule has 1 aliphatic heterocycles. The Morgan fingerprint density at radius 1 is 0.828 bits per heavy atom. The predicted octanol–water partition coefficient (Wildman–Crippen LogP) is 3.18. The van der Waals surface area contributed by atoms with Gasteiger partial charge >= 0.3 is 7.12 Å². The molecular formula is C23H26BNO4. The lowest BCUT2D eigenvalue weighted by Gasteiger charge is -2.26. The van der Waals surface area contributed by atoms with Crippen LogP contribution in [0, 0.1) is 0 Å². The third-order valence-corrected chi connectivity index (χ3v) is 5.36. The molecule has 1 aliphatic rings. The summed E-state index contributed by atoms with van der Waals surface area (Å²) in [7, 11) is -1.60. The van der Waals surface area contributed by atoms with Gasteiger partial charge in [0.2, 0.25) is 0 Å². The molecule has 1 fully saturated rings. The zero-order valence-corrected chi connectivity index (χ0v) is 16.5. The molecule has 150 valence electrons. The molecule has 0 aromatic heterocycles. The number of ether oxygens (including phenoxy) is 2. The van der Waals surface area contributed by atoms with Gasteiger partial charge in [0.05, 0.1) is 0 Å². The van der Waals surface area contributed by atoms with E-state index in [0.29, 0.717) is 23.6 Å². The summed E-state index contributed by atoms with van der Waals surface area (Å²) in [6.07, 6.45) is 3.90. The first-order valence-electron chi connectivity index (χ1n) is 10.2. The summed E-state index contributed by atoms with van der Waals surface area (Å²) in [6.45, 7) is 3.96. The van der Waals surface area contributed by atoms with E-state index < -0.39 is 7.12 Å². The van der Waals surface area contributed by atoms with Crippen LogP contribution in [-0.2, 0) is 0 Å². The lowest BCUT2D eigenvalue weighted by molar-refractivity contribution is 0.183. The van der Waals surface area contributed by atoms with Crippen LogP contribution in [0.25, 0.3) is 10.8 Å². The topological polar surface area (TPSA) is 62.2 Å². The summed E-state index contributed by atoms with van der Waals surface area (Å²) in [4.78, 5) is 2.45. The van der Waals surface area contributed by atoms with E-state index in [2.05, 4.69) is 4.90 Å². The van der Waals surface area contributed by atoms with Gasteiger partial charge in [-0.1, -0.05) is 42.8 Å². The Kier molecular flexibility index (Phi) is 6.34. The molecule has 2 N–H and O–H groups in total. The van der Waals surface area contributed by atoms with Crippen LogP contribution in [-0.4, -0.2) is 48.3 Å². The fraction of sp³-hybridized carbons (Fsp3) is 0.304. The second-order valence-electron chi connectivity index (χ2n) is 7.40. The van der Waals surface area contributed by atoms with Crippen molar-refractivity contribution in [2.45, 2.75) is 19.3 Å². The van der Waals surface area contributed by atoms with Gasteiger partial charge in [-0.3, -0.25) is 4.90 Å². The van der Waals surface area contributed by atoms with Gasteiger partial charge in [0, 0.05) is 17.4 Å². The van der Waals surface area contributed by atoms with Crippen LogP contribution in [0.3, 0.4) is 0 Å². The second kappa shape index (κ2) is 9.31. The summed E-state index contributed by atoms with van der Waals surface area (Å²) in [5, 5.41) is 21.3. The summed E-state index contributed by atoms with van der Waals surface area (Å²) in [6, 6.07) is 18.7. The molecule has 1 saturated heterocycles. The third kappa shape index (κ3) is 4.91. The Hall–Kier alpha value is -2.54. The van der Waals surface area contributed by atoms with E-state index in [1.54, 1.807) is 6.07 Å². The maximum absolute atomic E-state index is 9.74. The highest BCUT2D eigenvalue weighted by Gasteiger charge is 2.20. The molecule has 0 bridgehead atoms. The summed E-state index contributed by atoms with van der Waals surface area (Å²) in [5.74, 6) is 1.87. The molecule has 0 aliphatic carbocycles. The fourth-order valence-electron chi connectivity index (χ4n) is 3.77. The molecule has 29 heavy (non-hydrogen) atoms. The minimum absolute atomic E-state index is 0.338. The number of benzene rings is 3. The van der Waals surface area contributed by atoms with Crippen molar-refractivity contribution in [2.75, 3.05) is 26.2 Å². The molecule has 3 aromatic rings. The van der Waals surface area contributed by atoms with Crippen LogP contribution < -0.4 is 14.9 Å². The molecule has 0 radical (unpaired) electrons. The van der Waals surface area contributed by atoms with Crippen LogP contribution in [0.5, 0.6) is 17.2 Å². The molecule has 6 heteroatoms. The van der Waals surface area contributed by atoms with E-state index in [-0.39, 0.29) is 0 Å². The van der Waals surface area contributed by atoms with E-state index in [1.807, 2.05) is 54.6 Å². The molecule has 0 saturated carbocycles. The maximum atomic E-state index is 9.74. The van der Waals surface area contributed by atoms with Gasteiger partial charge in [0.25, 0.3) is 0 Å². The summed E-state index contributed by atoms with van der Waals surface area (Å²) in [5.41, 5.74) is 0.338. The second-order valence-corrected chi connectivity index (χ2v) is 7.40. The molecule has 0 unspecified atom stereocenters. The highest BCUT2D eigenvalue weighted by Crippen LogP contribution is 2.29. The minimum atomic E-state index is -1.60. The van der Waals surface area contributed by atoms with E-state index in [1.165, 1.54) is 32.4 Å². The first kappa shape index (κ1) is 19.8. The Bertz CT molecular complexity index is 939. The van der Waals surface area contributed by atoms with Crippen molar-refractivity contribution in [1.82, 2.24) is 4.90 Å². The highest BCUT2D eigenvalue weighted by molar-refractivity contribution is 6.60. The van der Waals surface area contributed by atoms with E-state index in [9.17, 15) is 10.0 Å². The smallest absolute Gasteiger partial charge is 0.492 e. The average Bonchev–Trinajstić information content (AvgIpc) is 2.76. The number of hydrogen-bond donors (Lipinski definition) is 2. The Morgan fingerprint density at radius 2 is 1.55 bits per heavy atom. The van der Waals surface area contributed by atoms with Crippen molar-refractivity contribution >= 4 is 23.4 Å². The van der Waals surface area contributed by atoms with Gasteiger partial charge < -0.3 is 19.5 Å². The number of nitrogens with zero attached hydrogens (tertiary/aromatic N) is 1. The first-order valence-corrected chi connectivity index (χ1v) is 10.2. The molecule has 0 amide bonds. The zero-order chi connectivity index (χ0) is 20.1. The number of likely N-dealkylation sites (tertiary alicyclic amines) is 1. The number of hydrogen-bond acceptors (Lipinski definition) is 5. The molecule has 0 atom stereocenters. The van der Waals surface area contributed by atoms with Gasteiger partial charge in [0.1, 0.15) is 23.9 Å². The standard InChI is InChI=1S/C23H26BNO4/c26-24(27)22-13-8-18-6-2-3-7-21(18)23(22)29-20-11-9-19(10-12-20)28-17-16-25-14-4-1-5-15-25/h2-3,6-13,26-27H,1,4-5,14-17H2. The normalized spacial score (nSPS) is 14.7. The van der Waals surface area contributed by atoms with Gasteiger partial charge in [-0.05, 0) is 55.6 Å². The average molecular weight is 391 g/mol. The number of rotatable bonds is 7. The molecular weight excluding hydrogens is 365 g/mol. The third-order valence-electron chi connectivity index (χ3n) is 5.36.